The van der Waals surface area contributed by atoms with Crippen molar-refractivity contribution in [1.82, 2.24) is 19.9 Å². The summed E-state index contributed by atoms with van der Waals surface area (Å²) in [5.41, 5.74) is 5.12. The monoisotopic (exact) mass is 534 g/mol. The second-order valence-electron chi connectivity index (χ2n) is 10.5. The van der Waals surface area contributed by atoms with Crippen LogP contribution in [0.15, 0.2) is 72.9 Å². The van der Waals surface area contributed by atoms with Gasteiger partial charge < -0.3 is 19.5 Å². The molecule has 2 saturated heterocycles. The van der Waals surface area contributed by atoms with E-state index in [1.165, 1.54) is 10.8 Å². The van der Waals surface area contributed by atoms with Gasteiger partial charge in [-0.05, 0) is 66.5 Å². The Bertz CT molecular complexity index is 1720. The fraction of sp³-hybridized carbons (Fsp3) is 0.290. The van der Waals surface area contributed by atoms with Gasteiger partial charge in [-0.3, -0.25) is 10.1 Å². The molecule has 9 heteroatoms. The molecule has 2 fully saturated rings. The van der Waals surface area contributed by atoms with Gasteiger partial charge in [-0.15, -0.1) is 0 Å². The molecule has 2 aromatic heterocycles. The number of nitro groups is 1. The molecule has 2 aliphatic heterocycles. The Morgan fingerprint density at radius 2 is 1.68 bits per heavy atom. The molecule has 3 aromatic carbocycles. The second-order valence-corrected chi connectivity index (χ2v) is 10.5. The van der Waals surface area contributed by atoms with E-state index in [1.807, 2.05) is 35.4 Å². The number of hydrogen-bond donors (Lipinski definition) is 1. The zero-order valence-corrected chi connectivity index (χ0v) is 22.1. The van der Waals surface area contributed by atoms with E-state index in [9.17, 15) is 10.1 Å². The first-order valence-corrected chi connectivity index (χ1v) is 13.8. The minimum atomic E-state index is -0.290. The summed E-state index contributed by atoms with van der Waals surface area (Å²) in [7, 11) is 0. The van der Waals surface area contributed by atoms with Gasteiger partial charge in [0.2, 0.25) is 0 Å². The number of hydrogen-bond acceptors (Lipinski definition) is 7. The molecule has 40 heavy (non-hydrogen) atoms. The molecule has 2 aliphatic rings. The van der Waals surface area contributed by atoms with Crippen molar-refractivity contribution >= 4 is 33.3 Å². The Kier molecular flexibility index (Phi) is 6.37. The van der Waals surface area contributed by atoms with Crippen LogP contribution in [0.25, 0.3) is 44.5 Å². The van der Waals surface area contributed by atoms with E-state index in [2.05, 4.69) is 46.3 Å². The number of ether oxygens (including phenoxy) is 1. The lowest BCUT2D eigenvalue weighted by Gasteiger charge is -2.28. The Hall–Kier alpha value is -4.34. The predicted octanol–water partition coefficient (Wildman–Crippen LogP) is 5.59. The predicted molar refractivity (Wildman–Crippen MR) is 157 cm³/mol. The van der Waals surface area contributed by atoms with E-state index in [4.69, 9.17) is 14.7 Å². The third-order valence-electron chi connectivity index (χ3n) is 8.07. The maximum atomic E-state index is 12.2. The average molecular weight is 535 g/mol. The van der Waals surface area contributed by atoms with Crippen LogP contribution in [0, 0.1) is 10.1 Å². The second kappa shape index (κ2) is 10.3. The van der Waals surface area contributed by atoms with Gasteiger partial charge in [0, 0.05) is 42.5 Å². The normalized spacial score (nSPS) is 16.6. The van der Waals surface area contributed by atoms with Crippen LogP contribution in [0.4, 0.5) is 11.4 Å². The van der Waals surface area contributed by atoms with E-state index in [0.29, 0.717) is 32.0 Å². The first-order valence-electron chi connectivity index (χ1n) is 13.8. The number of fused-ring (bicyclic) bond motifs is 2. The third kappa shape index (κ3) is 4.47. The summed E-state index contributed by atoms with van der Waals surface area (Å²) in [6, 6.07) is 22.5. The number of rotatable bonds is 5. The van der Waals surface area contributed by atoms with Crippen molar-refractivity contribution in [2.45, 2.75) is 18.9 Å². The van der Waals surface area contributed by atoms with E-state index in [1.54, 1.807) is 6.07 Å². The van der Waals surface area contributed by atoms with Gasteiger partial charge in [0.15, 0.2) is 5.65 Å². The summed E-state index contributed by atoms with van der Waals surface area (Å²) < 4.78 is 7.66. The summed E-state index contributed by atoms with van der Waals surface area (Å²) in [6.07, 6.45) is 3.81. The molecule has 5 aromatic rings. The standard InChI is InChI=1S/C31H30N6O3/c38-37(39)29-19-24(7-8-28(29)35-13-15-40-16-14-35)30-34-27-18-25(23-6-5-21-3-1-2-4-22(21)17-23)20-33-31(27)36(30)26-9-11-32-12-10-26/h1-8,17-20,26,32H,9-16H2. The van der Waals surface area contributed by atoms with E-state index < -0.39 is 0 Å². The molecule has 0 saturated carbocycles. The molecule has 0 bridgehead atoms. The van der Waals surface area contributed by atoms with Gasteiger partial charge in [-0.1, -0.05) is 36.4 Å². The van der Waals surface area contributed by atoms with Crippen molar-refractivity contribution < 1.29 is 9.66 Å². The van der Waals surface area contributed by atoms with Crippen LogP contribution in [-0.4, -0.2) is 58.9 Å². The van der Waals surface area contributed by atoms with Crippen molar-refractivity contribution in [3.63, 3.8) is 0 Å². The van der Waals surface area contributed by atoms with Crippen molar-refractivity contribution in [2.24, 2.45) is 0 Å². The van der Waals surface area contributed by atoms with Gasteiger partial charge in [0.05, 0.1) is 18.1 Å². The van der Waals surface area contributed by atoms with Crippen LogP contribution >= 0.6 is 0 Å². The molecule has 0 amide bonds. The number of nitrogens with zero attached hydrogens (tertiary/aromatic N) is 5. The Morgan fingerprint density at radius 1 is 0.900 bits per heavy atom. The number of nitrogens with one attached hydrogen (secondary N) is 1. The van der Waals surface area contributed by atoms with Crippen LogP contribution in [0.3, 0.4) is 0 Å². The molecule has 0 unspecified atom stereocenters. The van der Waals surface area contributed by atoms with Gasteiger partial charge in [-0.25, -0.2) is 9.97 Å². The molecule has 9 nitrogen and oxygen atoms in total. The molecule has 0 radical (unpaired) electrons. The molecular weight excluding hydrogens is 504 g/mol. The minimum absolute atomic E-state index is 0.0909. The quantitative estimate of drug-likeness (QED) is 0.232. The lowest BCUT2D eigenvalue weighted by molar-refractivity contribution is -0.384. The molecular formula is C31H30N6O3. The number of piperidine rings is 1. The summed E-state index contributed by atoms with van der Waals surface area (Å²) in [4.78, 5) is 23.9. The molecule has 4 heterocycles. The number of morpholine rings is 1. The summed E-state index contributed by atoms with van der Waals surface area (Å²) in [6.45, 7) is 4.22. The minimum Gasteiger partial charge on any atom is -0.378 e. The maximum absolute atomic E-state index is 12.2. The summed E-state index contributed by atoms with van der Waals surface area (Å²) in [5, 5.41) is 18.0. The fourth-order valence-corrected chi connectivity index (χ4v) is 6.00. The maximum Gasteiger partial charge on any atom is 0.293 e. The fourth-order valence-electron chi connectivity index (χ4n) is 6.00. The van der Waals surface area contributed by atoms with Crippen molar-refractivity contribution in [2.75, 3.05) is 44.3 Å². The Morgan fingerprint density at radius 3 is 2.48 bits per heavy atom. The van der Waals surface area contributed by atoms with Crippen LogP contribution in [0.1, 0.15) is 18.9 Å². The molecule has 0 aliphatic carbocycles. The zero-order chi connectivity index (χ0) is 27.1. The number of pyridine rings is 1. The highest BCUT2D eigenvalue weighted by molar-refractivity contribution is 5.89. The summed E-state index contributed by atoms with van der Waals surface area (Å²) in [5.74, 6) is 0.724. The van der Waals surface area contributed by atoms with Gasteiger partial charge >= 0.3 is 0 Å². The molecule has 0 atom stereocenters. The highest BCUT2D eigenvalue weighted by atomic mass is 16.6. The number of nitro benzene ring substituents is 1. The van der Waals surface area contributed by atoms with Gasteiger partial charge in [0.1, 0.15) is 17.0 Å². The van der Waals surface area contributed by atoms with Crippen LogP contribution in [-0.2, 0) is 4.74 Å². The van der Waals surface area contributed by atoms with Gasteiger partial charge in [-0.2, -0.15) is 0 Å². The van der Waals surface area contributed by atoms with Gasteiger partial charge in [0.25, 0.3) is 5.69 Å². The number of imidazole rings is 1. The highest BCUT2D eigenvalue weighted by Crippen LogP contribution is 2.37. The number of aromatic nitrogens is 3. The largest absolute Gasteiger partial charge is 0.378 e. The first-order chi connectivity index (χ1) is 19.7. The number of benzene rings is 3. The SMILES string of the molecule is O=[N+]([O-])c1cc(-c2nc3cc(-c4ccc5ccccc5c4)cnc3n2C2CCNCC2)ccc1N1CCOCC1. The highest BCUT2D eigenvalue weighted by Gasteiger charge is 2.27. The summed E-state index contributed by atoms with van der Waals surface area (Å²) >= 11 is 0. The average Bonchev–Trinajstić information content (AvgIpc) is 3.40. The van der Waals surface area contributed by atoms with Crippen LogP contribution in [0.2, 0.25) is 0 Å². The van der Waals surface area contributed by atoms with E-state index >= 15 is 0 Å². The van der Waals surface area contributed by atoms with E-state index in [0.717, 1.165) is 59.6 Å². The Labute approximate surface area is 231 Å². The molecule has 7 rings (SSSR count). The first kappa shape index (κ1) is 24.7. The molecule has 202 valence electrons. The van der Waals surface area contributed by atoms with E-state index in [-0.39, 0.29) is 16.7 Å². The molecule has 1 N–H and O–H groups in total. The third-order valence-corrected chi connectivity index (χ3v) is 8.07. The van der Waals surface area contributed by atoms with Crippen molar-refractivity contribution in [3.8, 4) is 22.5 Å². The topological polar surface area (TPSA) is 98.3 Å². The van der Waals surface area contributed by atoms with Crippen molar-refractivity contribution in [1.29, 1.82) is 0 Å². The zero-order valence-electron chi connectivity index (χ0n) is 22.1. The number of anilines is 1. The lowest BCUT2D eigenvalue weighted by atomic mass is 10.0. The smallest absolute Gasteiger partial charge is 0.293 e. The Balaban J connectivity index is 1.35. The van der Waals surface area contributed by atoms with Crippen LogP contribution < -0.4 is 10.2 Å². The lowest BCUT2D eigenvalue weighted by Crippen LogP contribution is -2.36. The molecule has 0 spiro atoms. The van der Waals surface area contributed by atoms with Crippen LogP contribution in [0.5, 0.6) is 0 Å². The van der Waals surface area contributed by atoms with Crippen molar-refractivity contribution in [3.05, 3.63) is 83.0 Å².